The van der Waals surface area contributed by atoms with Crippen LogP contribution in [0.3, 0.4) is 0 Å². The second-order valence-corrected chi connectivity index (χ2v) is 10.1. The number of amides is 1. The number of nitrogens with zero attached hydrogens (tertiary/aromatic N) is 6. The average molecular weight is 531 g/mol. The predicted octanol–water partition coefficient (Wildman–Crippen LogP) is 2.70. The number of fused-ring (bicyclic) bond motifs is 2. The van der Waals surface area contributed by atoms with E-state index in [9.17, 15) is 14.0 Å². The molecular formula is C29H31FN6O3. The Morgan fingerprint density at radius 3 is 2.49 bits per heavy atom. The zero-order chi connectivity index (χ0) is 27.1. The number of piperazine rings is 1. The highest BCUT2D eigenvalue weighted by Crippen LogP contribution is 2.24. The van der Waals surface area contributed by atoms with Gasteiger partial charge in [0.15, 0.2) is 5.65 Å². The lowest BCUT2D eigenvalue weighted by atomic mass is 10.0. The van der Waals surface area contributed by atoms with Crippen LogP contribution in [0.4, 0.5) is 10.1 Å². The Kier molecular flexibility index (Phi) is 6.56. The number of hydrogen-bond donors (Lipinski definition) is 0. The van der Waals surface area contributed by atoms with Gasteiger partial charge in [-0.2, -0.15) is 9.61 Å². The van der Waals surface area contributed by atoms with Crippen molar-refractivity contribution in [2.24, 2.45) is 7.05 Å². The predicted molar refractivity (Wildman–Crippen MR) is 146 cm³/mol. The van der Waals surface area contributed by atoms with Crippen LogP contribution in [-0.2, 0) is 26.6 Å². The summed E-state index contributed by atoms with van der Waals surface area (Å²) in [6.45, 7) is 4.04. The Balaban J connectivity index is 1.22. The minimum absolute atomic E-state index is 0.162. The van der Waals surface area contributed by atoms with E-state index in [1.807, 2.05) is 46.8 Å². The van der Waals surface area contributed by atoms with Gasteiger partial charge in [0, 0.05) is 65.0 Å². The highest BCUT2D eigenvalue weighted by atomic mass is 19.1. The van der Waals surface area contributed by atoms with Crippen molar-refractivity contribution in [2.45, 2.75) is 19.5 Å². The number of anilines is 1. The van der Waals surface area contributed by atoms with E-state index < -0.39 is 0 Å². The maximum absolute atomic E-state index is 14.2. The molecule has 0 radical (unpaired) electrons. The number of benzene rings is 2. The molecule has 0 atom stereocenters. The van der Waals surface area contributed by atoms with Crippen molar-refractivity contribution in [3.63, 3.8) is 0 Å². The second-order valence-electron chi connectivity index (χ2n) is 10.1. The van der Waals surface area contributed by atoms with Gasteiger partial charge in [0.2, 0.25) is 0 Å². The van der Waals surface area contributed by atoms with Gasteiger partial charge >= 0.3 is 0 Å². The van der Waals surface area contributed by atoms with Crippen molar-refractivity contribution in [3.05, 3.63) is 93.3 Å². The molecule has 0 N–H and O–H groups in total. The zero-order valence-corrected chi connectivity index (χ0v) is 22.1. The molecule has 0 saturated carbocycles. The average Bonchev–Trinajstić information content (AvgIpc) is 3.42. The molecule has 39 heavy (non-hydrogen) atoms. The Bertz CT molecular complexity index is 1590. The number of rotatable bonds is 5. The van der Waals surface area contributed by atoms with Crippen LogP contribution in [0.15, 0.2) is 59.5 Å². The number of carbonyl (C=O) groups excluding carboxylic acids is 1. The second kappa shape index (κ2) is 10.2. The van der Waals surface area contributed by atoms with Crippen LogP contribution in [0.1, 0.15) is 27.2 Å². The topological polar surface area (TPSA) is 75.3 Å². The molecule has 1 amide bonds. The highest BCUT2D eigenvalue weighted by molar-refractivity contribution is 6.00. The molecule has 1 fully saturated rings. The molecule has 2 aliphatic heterocycles. The van der Waals surface area contributed by atoms with Crippen LogP contribution in [0.2, 0.25) is 0 Å². The van der Waals surface area contributed by atoms with Crippen molar-refractivity contribution in [2.75, 3.05) is 44.7 Å². The molecule has 2 aliphatic rings. The Morgan fingerprint density at radius 2 is 1.77 bits per heavy atom. The third kappa shape index (κ3) is 4.54. The number of aryl methyl sites for hydroxylation is 1. The summed E-state index contributed by atoms with van der Waals surface area (Å²) in [6, 6.07) is 14.7. The van der Waals surface area contributed by atoms with E-state index in [1.165, 1.54) is 16.8 Å². The standard InChI is InChI=1S/C29H31FN6O3/c1-32-25-11-12-33(18-20-7-9-21(39-2)10-8-20)19-23(25)29(38)36-27(32)22(17-31-36)28(37)35-15-13-34(14-16-35)26-6-4-3-5-24(26)30/h3-10,17H,11-16,18-19H2,1-2H3. The number of methoxy groups -OCH3 is 1. The first-order chi connectivity index (χ1) is 18.9. The van der Waals surface area contributed by atoms with Gasteiger partial charge in [0.25, 0.3) is 11.5 Å². The van der Waals surface area contributed by atoms with Crippen molar-refractivity contribution in [3.8, 4) is 5.75 Å². The van der Waals surface area contributed by atoms with Gasteiger partial charge in [-0.15, -0.1) is 0 Å². The molecule has 0 unspecified atom stereocenters. The fourth-order valence-electron chi connectivity index (χ4n) is 5.74. The molecule has 6 rings (SSSR count). The van der Waals surface area contributed by atoms with Crippen molar-refractivity contribution in [1.29, 1.82) is 0 Å². The minimum atomic E-state index is -0.262. The quantitative estimate of drug-likeness (QED) is 0.395. The number of halogens is 1. The summed E-state index contributed by atoms with van der Waals surface area (Å²) in [5, 5.41) is 4.35. The van der Waals surface area contributed by atoms with E-state index in [-0.39, 0.29) is 17.3 Å². The summed E-state index contributed by atoms with van der Waals surface area (Å²) in [4.78, 5) is 33.1. The number of ether oxygens (including phenoxy) is 1. The molecular weight excluding hydrogens is 499 g/mol. The lowest BCUT2D eigenvalue weighted by Crippen LogP contribution is -2.49. The number of para-hydroxylation sites is 1. The molecule has 1 saturated heterocycles. The maximum Gasteiger partial charge on any atom is 0.279 e. The fraction of sp³-hybridized carbons (Fsp3) is 0.345. The van der Waals surface area contributed by atoms with Gasteiger partial charge in [0.05, 0.1) is 24.6 Å². The normalized spacial score (nSPS) is 16.0. The lowest BCUT2D eigenvalue weighted by Gasteiger charge is -2.36. The summed E-state index contributed by atoms with van der Waals surface area (Å²) in [5.74, 6) is 0.391. The lowest BCUT2D eigenvalue weighted by molar-refractivity contribution is 0.0748. The van der Waals surface area contributed by atoms with Crippen LogP contribution >= 0.6 is 0 Å². The molecule has 9 nitrogen and oxygen atoms in total. The third-order valence-electron chi connectivity index (χ3n) is 7.87. The molecule has 202 valence electrons. The summed E-state index contributed by atoms with van der Waals surface area (Å²) in [5.41, 5.74) is 4.11. The maximum atomic E-state index is 14.2. The summed E-state index contributed by atoms with van der Waals surface area (Å²) >= 11 is 0. The minimum Gasteiger partial charge on any atom is -0.497 e. The fourth-order valence-corrected chi connectivity index (χ4v) is 5.74. The van der Waals surface area contributed by atoms with E-state index in [0.29, 0.717) is 61.6 Å². The first-order valence-electron chi connectivity index (χ1n) is 13.2. The Hall–Kier alpha value is -4.18. The summed E-state index contributed by atoms with van der Waals surface area (Å²) < 4.78 is 22.8. The molecule has 2 aromatic heterocycles. The molecule has 4 heterocycles. The smallest absolute Gasteiger partial charge is 0.279 e. The van der Waals surface area contributed by atoms with Crippen molar-refractivity contribution >= 4 is 17.2 Å². The largest absolute Gasteiger partial charge is 0.497 e. The number of aromatic nitrogens is 3. The Labute approximate surface area is 225 Å². The monoisotopic (exact) mass is 530 g/mol. The molecule has 10 heteroatoms. The Morgan fingerprint density at radius 1 is 1.03 bits per heavy atom. The van der Waals surface area contributed by atoms with Gasteiger partial charge in [-0.05, 0) is 29.8 Å². The molecule has 0 aliphatic carbocycles. The van der Waals surface area contributed by atoms with Gasteiger partial charge in [-0.25, -0.2) is 4.39 Å². The summed E-state index contributed by atoms with van der Waals surface area (Å²) in [6.07, 6.45) is 2.21. The van der Waals surface area contributed by atoms with Crippen molar-refractivity contribution in [1.82, 2.24) is 24.0 Å². The zero-order valence-electron chi connectivity index (χ0n) is 22.1. The van der Waals surface area contributed by atoms with Crippen LogP contribution in [0.25, 0.3) is 5.65 Å². The molecule has 4 aromatic rings. The van der Waals surface area contributed by atoms with E-state index in [1.54, 1.807) is 24.1 Å². The highest BCUT2D eigenvalue weighted by Gasteiger charge is 2.29. The molecule has 0 spiro atoms. The molecule has 2 aromatic carbocycles. The third-order valence-corrected chi connectivity index (χ3v) is 7.87. The van der Waals surface area contributed by atoms with Crippen molar-refractivity contribution < 1.29 is 13.9 Å². The van der Waals surface area contributed by atoms with Gasteiger partial charge < -0.3 is 19.1 Å². The van der Waals surface area contributed by atoms with Crippen LogP contribution in [-0.4, -0.2) is 69.7 Å². The SMILES string of the molecule is COc1ccc(CN2CCc3c(c(=O)n4ncc(C(=O)N5CCN(c6ccccc6F)CC5)c4n3C)C2)cc1. The van der Waals surface area contributed by atoms with Gasteiger partial charge in [-0.1, -0.05) is 24.3 Å². The van der Waals surface area contributed by atoms with E-state index >= 15 is 0 Å². The van der Waals surface area contributed by atoms with E-state index in [0.717, 1.165) is 30.1 Å². The number of hydrogen-bond acceptors (Lipinski definition) is 6. The van der Waals surface area contributed by atoms with Crippen LogP contribution in [0.5, 0.6) is 5.75 Å². The van der Waals surface area contributed by atoms with Gasteiger partial charge in [0.1, 0.15) is 17.1 Å². The summed E-state index contributed by atoms with van der Waals surface area (Å²) in [7, 11) is 3.55. The van der Waals surface area contributed by atoms with E-state index in [4.69, 9.17) is 4.74 Å². The first kappa shape index (κ1) is 25.1. The number of carbonyl (C=O) groups is 1. The van der Waals surface area contributed by atoms with E-state index in [2.05, 4.69) is 10.00 Å². The van der Waals surface area contributed by atoms with Gasteiger partial charge in [-0.3, -0.25) is 14.5 Å². The van der Waals surface area contributed by atoms with Crippen LogP contribution < -0.4 is 15.2 Å². The van der Waals surface area contributed by atoms with Crippen LogP contribution in [0, 0.1) is 5.82 Å². The first-order valence-corrected chi connectivity index (χ1v) is 13.2. The molecule has 0 bridgehead atoms.